The molecule has 5 heteroatoms. The molecular weight excluding hydrogens is 219 g/mol. The van der Waals surface area contributed by atoms with Gasteiger partial charge in [-0.3, -0.25) is 11.3 Å². The average molecular weight is 233 g/mol. The first-order valence-electron chi connectivity index (χ1n) is 4.67. The van der Waals surface area contributed by atoms with E-state index in [0.717, 1.165) is 5.56 Å². The number of hydrazine groups is 1. The summed E-state index contributed by atoms with van der Waals surface area (Å²) in [5.41, 5.74) is 3.40. The average Bonchev–Trinajstić information content (AvgIpc) is 2.24. The number of hydrogen-bond donors (Lipinski definition) is 2. The second kappa shape index (κ2) is 6.02. The molecule has 0 amide bonds. The fraction of sp³-hybridized carbons (Fsp3) is 0.400. The minimum Gasteiger partial charge on any atom is -0.380 e. The predicted molar refractivity (Wildman–Crippen MR) is 58.0 cm³/mol. The molecule has 1 aromatic carbocycles. The van der Waals surface area contributed by atoms with Crippen LogP contribution in [0.4, 0.5) is 4.39 Å². The van der Waals surface area contributed by atoms with E-state index in [1.54, 1.807) is 12.1 Å². The van der Waals surface area contributed by atoms with Gasteiger partial charge in [-0.15, -0.1) is 0 Å². The first-order valence-corrected chi connectivity index (χ1v) is 5.05. The molecule has 0 heterocycles. The minimum absolute atomic E-state index is 0.0873. The van der Waals surface area contributed by atoms with Crippen molar-refractivity contribution in [2.24, 2.45) is 5.84 Å². The molecular formula is C10H14ClFN2O. The Kier molecular flexibility index (Phi) is 4.98. The van der Waals surface area contributed by atoms with Crippen LogP contribution in [0.25, 0.3) is 0 Å². The largest absolute Gasteiger partial charge is 0.380 e. The smallest absolute Gasteiger partial charge is 0.141 e. The lowest BCUT2D eigenvalue weighted by molar-refractivity contribution is 0.123. The summed E-state index contributed by atoms with van der Waals surface area (Å²) in [6.07, 6.45) is 0. The van der Waals surface area contributed by atoms with Gasteiger partial charge in [-0.25, -0.2) is 4.39 Å². The molecule has 0 radical (unpaired) electrons. The molecule has 0 saturated carbocycles. The quantitative estimate of drug-likeness (QED) is 0.603. The van der Waals surface area contributed by atoms with E-state index in [1.807, 2.05) is 6.92 Å². The van der Waals surface area contributed by atoms with Gasteiger partial charge < -0.3 is 4.74 Å². The summed E-state index contributed by atoms with van der Waals surface area (Å²) in [5, 5.41) is 0.0873. The van der Waals surface area contributed by atoms with Crippen LogP contribution < -0.4 is 11.3 Å². The number of nitrogens with two attached hydrogens (primary N) is 1. The number of benzene rings is 1. The monoisotopic (exact) mass is 232 g/mol. The third kappa shape index (κ3) is 3.43. The highest BCUT2D eigenvalue weighted by atomic mass is 35.5. The summed E-state index contributed by atoms with van der Waals surface area (Å²) in [4.78, 5) is 0. The van der Waals surface area contributed by atoms with Crippen molar-refractivity contribution in [1.82, 2.24) is 5.43 Å². The lowest BCUT2D eigenvalue weighted by Crippen LogP contribution is -2.31. The Balaban J connectivity index is 2.78. The molecule has 3 N–H and O–H groups in total. The van der Waals surface area contributed by atoms with Gasteiger partial charge in [-0.2, -0.15) is 0 Å². The molecule has 3 nitrogen and oxygen atoms in total. The van der Waals surface area contributed by atoms with Crippen molar-refractivity contribution >= 4 is 11.6 Å². The fourth-order valence-electron chi connectivity index (χ4n) is 1.21. The van der Waals surface area contributed by atoms with Crippen molar-refractivity contribution < 1.29 is 9.13 Å². The van der Waals surface area contributed by atoms with Crippen molar-refractivity contribution in [2.75, 3.05) is 13.2 Å². The van der Waals surface area contributed by atoms with Crippen LogP contribution in [0.2, 0.25) is 5.02 Å². The molecule has 1 atom stereocenters. The lowest BCUT2D eigenvalue weighted by Gasteiger charge is -2.16. The highest BCUT2D eigenvalue weighted by Gasteiger charge is 2.11. The molecule has 0 aliphatic carbocycles. The van der Waals surface area contributed by atoms with E-state index < -0.39 is 5.82 Å². The van der Waals surface area contributed by atoms with Gasteiger partial charge in [0.15, 0.2) is 0 Å². The Bertz CT molecular complexity index is 322. The van der Waals surface area contributed by atoms with Crippen molar-refractivity contribution in [3.05, 3.63) is 34.6 Å². The van der Waals surface area contributed by atoms with Gasteiger partial charge >= 0.3 is 0 Å². The van der Waals surface area contributed by atoms with Crippen LogP contribution >= 0.6 is 11.6 Å². The molecule has 1 rings (SSSR count). The molecule has 15 heavy (non-hydrogen) atoms. The van der Waals surface area contributed by atoms with E-state index in [9.17, 15) is 4.39 Å². The van der Waals surface area contributed by atoms with E-state index >= 15 is 0 Å². The van der Waals surface area contributed by atoms with Crippen molar-refractivity contribution in [3.8, 4) is 0 Å². The van der Waals surface area contributed by atoms with Crippen LogP contribution in [0.15, 0.2) is 18.2 Å². The van der Waals surface area contributed by atoms with Crippen molar-refractivity contribution in [3.63, 3.8) is 0 Å². The standard InChI is InChI=1S/C10H14ClFN2O/c1-2-15-6-10(14-13)7-3-4-9(12)8(11)5-7/h3-5,10,14H,2,6,13H2,1H3. The van der Waals surface area contributed by atoms with Crippen LogP contribution in [-0.4, -0.2) is 13.2 Å². The second-order valence-electron chi connectivity index (χ2n) is 3.05. The van der Waals surface area contributed by atoms with Gasteiger partial charge in [0.2, 0.25) is 0 Å². The Morgan fingerprint density at radius 2 is 2.33 bits per heavy atom. The topological polar surface area (TPSA) is 47.3 Å². The zero-order valence-corrected chi connectivity index (χ0v) is 9.22. The van der Waals surface area contributed by atoms with Gasteiger partial charge in [0.05, 0.1) is 17.7 Å². The highest BCUT2D eigenvalue weighted by Crippen LogP contribution is 2.20. The second-order valence-corrected chi connectivity index (χ2v) is 3.46. The van der Waals surface area contributed by atoms with Crippen molar-refractivity contribution in [2.45, 2.75) is 13.0 Å². The maximum Gasteiger partial charge on any atom is 0.141 e. The van der Waals surface area contributed by atoms with E-state index in [4.69, 9.17) is 22.2 Å². The summed E-state index contributed by atoms with van der Waals surface area (Å²) in [7, 11) is 0. The zero-order chi connectivity index (χ0) is 11.3. The Hall–Kier alpha value is -0.680. The van der Waals surface area contributed by atoms with Gasteiger partial charge in [0.1, 0.15) is 5.82 Å². The molecule has 0 aliphatic heterocycles. The van der Waals surface area contributed by atoms with Gasteiger partial charge in [0, 0.05) is 6.61 Å². The van der Waals surface area contributed by atoms with Crippen LogP contribution in [0.3, 0.4) is 0 Å². The maximum atomic E-state index is 12.9. The molecule has 0 aromatic heterocycles. The van der Waals surface area contributed by atoms with Crippen LogP contribution in [0, 0.1) is 5.82 Å². The highest BCUT2D eigenvalue weighted by molar-refractivity contribution is 6.30. The summed E-state index contributed by atoms with van der Waals surface area (Å²) >= 11 is 5.66. The number of nitrogens with one attached hydrogen (secondary N) is 1. The number of ether oxygens (including phenoxy) is 1. The maximum absolute atomic E-state index is 12.9. The minimum atomic E-state index is -0.437. The molecule has 0 saturated heterocycles. The zero-order valence-electron chi connectivity index (χ0n) is 8.47. The summed E-state index contributed by atoms with van der Waals surface area (Å²) in [6.45, 7) is 2.92. The van der Waals surface area contributed by atoms with Crippen LogP contribution in [0.5, 0.6) is 0 Å². The predicted octanol–water partition coefficient (Wildman–Crippen LogP) is 2.02. The van der Waals surface area contributed by atoms with Crippen LogP contribution in [0.1, 0.15) is 18.5 Å². The Morgan fingerprint density at radius 3 is 2.87 bits per heavy atom. The SMILES string of the molecule is CCOCC(NN)c1ccc(F)c(Cl)c1. The van der Waals surface area contributed by atoms with E-state index in [1.165, 1.54) is 6.07 Å². The number of hydrogen-bond acceptors (Lipinski definition) is 3. The number of halogens is 2. The lowest BCUT2D eigenvalue weighted by atomic mass is 10.1. The summed E-state index contributed by atoms with van der Waals surface area (Å²) in [5.74, 6) is 4.93. The molecule has 1 aromatic rings. The Morgan fingerprint density at radius 1 is 1.60 bits per heavy atom. The fourth-order valence-corrected chi connectivity index (χ4v) is 1.39. The first kappa shape index (κ1) is 12.4. The molecule has 1 unspecified atom stereocenters. The molecule has 0 bridgehead atoms. The summed E-state index contributed by atoms with van der Waals surface area (Å²) in [6, 6.07) is 4.31. The van der Waals surface area contributed by atoms with E-state index in [2.05, 4.69) is 5.43 Å². The van der Waals surface area contributed by atoms with Gasteiger partial charge in [-0.1, -0.05) is 17.7 Å². The van der Waals surface area contributed by atoms with Gasteiger partial charge in [-0.05, 0) is 24.6 Å². The van der Waals surface area contributed by atoms with Crippen molar-refractivity contribution in [1.29, 1.82) is 0 Å². The molecule has 84 valence electrons. The third-order valence-corrected chi connectivity index (χ3v) is 2.33. The molecule has 0 fully saturated rings. The van der Waals surface area contributed by atoms with Crippen LogP contribution in [-0.2, 0) is 4.74 Å². The number of rotatable bonds is 5. The Labute approximate surface area is 93.3 Å². The first-order chi connectivity index (χ1) is 7.19. The molecule has 0 spiro atoms. The van der Waals surface area contributed by atoms with Gasteiger partial charge in [0.25, 0.3) is 0 Å². The normalized spacial score (nSPS) is 12.8. The third-order valence-electron chi connectivity index (χ3n) is 2.04. The summed E-state index contributed by atoms with van der Waals surface area (Å²) < 4.78 is 18.1. The van der Waals surface area contributed by atoms with E-state index in [0.29, 0.717) is 13.2 Å². The van der Waals surface area contributed by atoms with E-state index in [-0.39, 0.29) is 11.1 Å². The molecule has 0 aliphatic rings.